The standard InChI is InChI=1S/C11H9NO/c13-10-5-1-3-8-7-9-4-2-6-12(9)11(8)10/h1-3,5-7,11H,4H2. The number of hydrogen-bond acceptors (Lipinski definition) is 2. The molecule has 2 aliphatic heterocycles. The van der Waals surface area contributed by atoms with Gasteiger partial charge in [-0.25, -0.2) is 0 Å². The van der Waals surface area contributed by atoms with Gasteiger partial charge in [0, 0.05) is 18.3 Å². The van der Waals surface area contributed by atoms with Crippen LogP contribution >= 0.6 is 0 Å². The number of ketones is 1. The predicted molar refractivity (Wildman–Crippen MR) is 49.7 cm³/mol. The summed E-state index contributed by atoms with van der Waals surface area (Å²) in [6.07, 6.45) is 12.7. The summed E-state index contributed by atoms with van der Waals surface area (Å²) in [6.45, 7) is 0. The Kier molecular flexibility index (Phi) is 1.18. The molecule has 0 spiro atoms. The van der Waals surface area contributed by atoms with Crippen molar-refractivity contribution < 1.29 is 4.79 Å². The molecule has 0 radical (unpaired) electrons. The minimum absolute atomic E-state index is 0.0567. The predicted octanol–water partition coefficient (Wildman–Crippen LogP) is 1.54. The quantitative estimate of drug-likeness (QED) is 0.551. The SMILES string of the molecule is O=C1C=CC=C2C=C3CC=CN3C12. The van der Waals surface area contributed by atoms with Gasteiger partial charge in [-0.3, -0.25) is 4.79 Å². The molecule has 0 aromatic rings. The molecule has 0 aromatic heterocycles. The van der Waals surface area contributed by atoms with Crippen molar-refractivity contribution in [3.8, 4) is 0 Å². The fourth-order valence-corrected chi connectivity index (χ4v) is 2.09. The average Bonchev–Trinajstić information content (AvgIpc) is 2.62. The lowest BCUT2D eigenvalue weighted by Crippen LogP contribution is -2.32. The molecular weight excluding hydrogens is 162 g/mol. The molecule has 0 saturated carbocycles. The molecule has 0 saturated heterocycles. The zero-order chi connectivity index (χ0) is 8.84. The van der Waals surface area contributed by atoms with Crippen molar-refractivity contribution in [2.45, 2.75) is 12.5 Å². The first-order chi connectivity index (χ1) is 6.36. The van der Waals surface area contributed by atoms with E-state index in [-0.39, 0.29) is 11.8 Å². The summed E-state index contributed by atoms with van der Waals surface area (Å²) < 4.78 is 0. The van der Waals surface area contributed by atoms with Gasteiger partial charge in [-0.05, 0) is 17.7 Å². The van der Waals surface area contributed by atoms with Gasteiger partial charge in [0.15, 0.2) is 5.78 Å². The van der Waals surface area contributed by atoms with Crippen LogP contribution in [0.15, 0.2) is 47.9 Å². The highest BCUT2D eigenvalue weighted by Gasteiger charge is 2.35. The van der Waals surface area contributed by atoms with Crippen LogP contribution in [-0.4, -0.2) is 16.7 Å². The van der Waals surface area contributed by atoms with E-state index in [9.17, 15) is 4.79 Å². The van der Waals surface area contributed by atoms with Gasteiger partial charge in [0.2, 0.25) is 0 Å². The molecule has 2 nitrogen and oxygen atoms in total. The molecule has 1 unspecified atom stereocenters. The summed E-state index contributed by atoms with van der Waals surface area (Å²) in [4.78, 5) is 13.6. The van der Waals surface area contributed by atoms with Gasteiger partial charge in [-0.15, -0.1) is 0 Å². The van der Waals surface area contributed by atoms with E-state index < -0.39 is 0 Å². The third-order valence-corrected chi connectivity index (χ3v) is 2.67. The third-order valence-electron chi connectivity index (χ3n) is 2.67. The Labute approximate surface area is 76.5 Å². The molecule has 1 aliphatic carbocycles. The maximum absolute atomic E-state index is 11.6. The van der Waals surface area contributed by atoms with E-state index in [0.717, 1.165) is 12.0 Å². The highest BCUT2D eigenvalue weighted by molar-refractivity contribution is 5.99. The number of allylic oxidation sites excluding steroid dienone is 3. The monoisotopic (exact) mass is 171 g/mol. The van der Waals surface area contributed by atoms with Crippen LogP contribution in [0.25, 0.3) is 0 Å². The molecule has 2 heterocycles. The second-order valence-corrected chi connectivity index (χ2v) is 3.46. The molecule has 0 fully saturated rings. The lowest BCUT2D eigenvalue weighted by molar-refractivity contribution is -0.117. The van der Waals surface area contributed by atoms with Gasteiger partial charge in [0.05, 0.1) is 0 Å². The lowest BCUT2D eigenvalue weighted by Gasteiger charge is -2.22. The first kappa shape index (κ1) is 6.89. The Morgan fingerprint density at radius 2 is 2.38 bits per heavy atom. The molecule has 1 atom stereocenters. The zero-order valence-corrected chi connectivity index (χ0v) is 7.10. The summed E-state index contributed by atoms with van der Waals surface area (Å²) in [5.74, 6) is 0.190. The van der Waals surface area contributed by atoms with Gasteiger partial charge < -0.3 is 4.90 Å². The number of hydrogen-bond donors (Lipinski definition) is 0. The van der Waals surface area contributed by atoms with Crippen LogP contribution in [0.1, 0.15) is 6.42 Å². The van der Waals surface area contributed by atoms with E-state index in [0.29, 0.717) is 0 Å². The largest absolute Gasteiger partial charge is 0.337 e. The highest BCUT2D eigenvalue weighted by atomic mass is 16.1. The lowest BCUT2D eigenvalue weighted by atomic mass is 9.99. The van der Waals surface area contributed by atoms with Crippen molar-refractivity contribution in [1.29, 1.82) is 0 Å². The Bertz CT molecular complexity index is 398. The third kappa shape index (κ3) is 0.800. The van der Waals surface area contributed by atoms with Gasteiger partial charge in [0.25, 0.3) is 0 Å². The molecule has 0 bridgehead atoms. The Balaban J connectivity index is 2.10. The second kappa shape index (κ2) is 2.22. The van der Waals surface area contributed by atoms with Crippen molar-refractivity contribution in [3.63, 3.8) is 0 Å². The smallest absolute Gasteiger partial charge is 0.182 e. The van der Waals surface area contributed by atoms with Crippen LogP contribution in [0.3, 0.4) is 0 Å². The molecule has 13 heavy (non-hydrogen) atoms. The van der Waals surface area contributed by atoms with E-state index in [1.165, 1.54) is 5.70 Å². The van der Waals surface area contributed by atoms with Gasteiger partial charge in [-0.2, -0.15) is 0 Å². The van der Waals surface area contributed by atoms with Crippen LogP contribution in [0.4, 0.5) is 0 Å². The molecule has 3 rings (SSSR count). The van der Waals surface area contributed by atoms with Crippen LogP contribution < -0.4 is 0 Å². The number of rotatable bonds is 0. The van der Waals surface area contributed by atoms with E-state index in [1.807, 2.05) is 18.4 Å². The normalized spacial score (nSPS) is 28.8. The maximum Gasteiger partial charge on any atom is 0.182 e. The number of nitrogens with zero attached hydrogens (tertiary/aromatic N) is 1. The Hall–Kier alpha value is -1.57. The van der Waals surface area contributed by atoms with E-state index in [4.69, 9.17) is 0 Å². The highest BCUT2D eigenvalue weighted by Crippen LogP contribution is 2.35. The van der Waals surface area contributed by atoms with E-state index in [1.54, 1.807) is 6.08 Å². The molecular formula is C11H9NO. The first-order valence-corrected chi connectivity index (χ1v) is 4.44. The van der Waals surface area contributed by atoms with Crippen molar-refractivity contribution in [2.75, 3.05) is 0 Å². The summed E-state index contributed by atoms with van der Waals surface area (Å²) in [7, 11) is 0. The van der Waals surface area contributed by atoms with Crippen LogP contribution in [0, 0.1) is 0 Å². The summed E-state index contributed by atoms with van der Waals surface area (Å²) in [5, 5.41) is 0. The van der Waals surface area contributed by atoms with Crippen LogP contribution in [0.5, 0.6) is 0 Å². The Morgan fingerprint density at radius 1 is 1.46 bits per heavy atom. The molecule has 0 amide bonds. The van der Waals surface area contributed by atoms with Crippen LogP contribution in [0.2, 0.25) is 0 Å². The molecule has 2 heteroatoms. The zero-order valence-electron chi connectivity index (χ0n) is 7.10. The van der Waals surface area contributed by atoms with E-state index in [2.05, 4.69) is 17.1 Å². The number of carbonyl (C=O) groups excluding carboxylic acids is 1. The topological polar surface area (TPSA) is 20.3 Å². The van der Waals surface area contributed by atoms with Crippen molar-refractivity contribution in [2.24, 2.45) is 0 Å². The van der Waals surface area contributed by atoms with Crippen molar-refractivity contribution in [3.05, 3.63) is 47.9 Å². The summed E-state index contributed by atoms with van der Waals surface area (Å²) >= 11 is 0. The first-order valence-electron chi connectivity index (χ1n) is 4.44. The van der Waals surface area contributed by atoms with Gasteiger partial charge >= 0.3 is 0 Å². The van der Waals surface area contributed by atoms with Gasteiger partial charge in [0.1, 0.15) is 6.04 Å². The molecule has 3 aliphatic rings. The fourth-order valence-electron chi connectivity index (χ4n) is 2.09. The molecule has 64 valence electrons. The minimum Gasteiger partial charge on any atom is -0.337 e. The Morgan fingerprint density at radius 3 is 3.31 bits per heavy atom. The summed E-state index contributed by atoms with van der Waals surface area (Å²) in [5.41, 5.74) is 2.38. The van der Waals surface area contributed by atoms with Crippen molar-refractivity contribution >= 4 is 5.78 Å². The second-order valence-electron chi connectivity index (χ2n) is 3.46. The van der Waals surface area contributed by atoms with Crippen molar-refractivity contribution in [1.82, 2.24) is 4.90 Å². The molecule has 0 N–H and O–H groups in total. The molecule has 0 aromatic carbocycles. The minimum atomic E-state index is -0.0567. The van der Waals surface area contributed by atoms with E-state index >= 15 is 0 Å². The average molecular weight is 171 g/mol. The number of carbonyl (C=O) groups is 1. The fraction of sp³-hybridized carbons (Fsp3) is 0.182. The summed E-state index contributed by atoms with van der Waals surface area (Å²) in [6, 6.07) is -0.0567. The van der Waals surface area contributed by atoms with Gasteiger partial charge in [-0.1, -0.05) is 18.2 Å². The number of fused-ring (bicyclic) bond motifs is 3. The van der Waals surface area contributed by atoms with Crippen LogP contribution in [-0.2, 0) is 4.79 Å². The maximum atomic E-state index is 11.6.